The highest BCUT2D eigenvalue weighted by Gasteiger charge is 2.10. The highest BCUT2D eigenvalue weighted by atomic mass is 16.3. The first-order valence-corrected chi connectivity index (χ1v) is 6.28. The second kappa shape index (κ2) is 6.09. The summed E-state index contributed by atoms with van der Waals surface area (Å²) in [5.74, 6) is 0.741. The lowest BCUT2D eigenvalue weighted by Crippen LogP contribution is -2.36. The summed E-state index contributed by atoms with van der Waals surface area (Å²) in [6.45, 7) is 4.43. The zero-order chi connectivity index (χ0) is 13.7. The van der Waals surface area contributed by atoms with Gasteiger partial charge < -0.3 is 15.1 Å². The van der Waals surface area contributed by atoms with Crippen molar-refractivity contribution in [3.05, 3.63) is 59.5 Å². The second-order valence-corrected chi connectivity index (χ2v) is 4.55. The molecule has 0 aliphatic rings. The molecule has 0 unspecified atom stereocenters. The fourth-order valence-electron chi connectivity index (χ4n) is 1.74. The van der Waals surface area contributed by atoms with Crippen LogP contribution in [0.4, 0.5) is 4.79 Å². The number of benzene rings is 1. The SMILES string of the molecule is Cc1ccc(CNC(=O)N[C@@H](C)c2ccco2)cc1. The summed E-state index contributed by atoms with van der Waals surface area (Å²) in [5.41, 5.74) is 2.28. The molecule has 0 fully saturated rings. The normalized spacial score (nSPS) is 11.9. The first-order valence-electron chi connectivity index (χ1n) is 6.28. The zero-order valence-electron chi connectivity index (χ0n) is 11.1. The monoisotopic (exact) mass is 258 g/mol. The number of furan rings is 1. The minimum atomic E-state index is -0.204. The quantitative estimate of drug-likeness (QED) is 0.885. The van der Waals surface area contributed by atoms with Gasteiger partial charge in [0.2, 0.25) is 0 Å². The maximum Gasteiger partial charge on any atom is 0.315 e. The Morgan fingerprint density at radius 2 is 2.00 bits per heavy atom. The van der Waals surface area contributed by atoms with Crippen molar-refractivity contribution in [2.45, 2.75) is 26.4 Å². The van der Waals surface area contributed by atoms with E-state index in [1.807, 2.05) is 44.2 Å². The Balaban J connectivity index is 1.80. The summed E-state index contributed by atoms with van der Waals surface area (Å²) in [6, 6.07) is 11.4. The highest BCUT2D eigenvalue weighted by Crippen LogP contribution is 2.11. The maximum atomic E-state index is 11.7. The van der Waals surface area contributed by atoms with Crippen LogP contribution in [0.15, 0.2) is 47.1 Å². The lowest BCUT2D eigenvalue weighted by atomic mass is 10.1. The van der Waals surface area contributed by atoms with Crippen molar-refractivity contribution >= 4 is 6.03 Å². The number of carbonyl (C=O) groups is 1. The van der Waals surface area contributed by atoms with Crippen LogP contribution in [0.25, 0.3) is 0 Å². The van der Waals surface area contributed by atoms with Crippen LogP contribution in [0, 0.1) is 6.92 Å². The molecule has 0 radical (unpaired) electrons. The van der Waals surface area contributed by atoms with E-state index in [9.17, 15) is 4.79 Å². The summed E-state index contributed by atoms with van der Waals surface area (Å²) in [5, 5.41) is 5.64. The van der Waals surface area contributed by atoms with Gasteiger partial charge in [0.25, 0.3) is 0 Å². The van der Waals surface area contributed by atoms with Gasteiger partial charge in [-0.25, -0.2) is 4.79 Å². The van der Waals surface area contributed by atoms with Gasteiger partial charge >= 0.3 is 6.03 Å². The van der Waals surface area contributed by atoms with E-state index in [1.54, 1.807) is 12.3 Å². The zero-order valence-corrected chi connectivity index (χ0v) is 11.1. The highest BCUT2D eigenvalue weighted by molar-refractivity contribution is 5.74. The third-order valence-electron chi connectivity index (χ3n) is 2.89. The predicted molar refractivity (Wildman–Crippen MR) is 73.7 cm³/mol. The molecule has 0 aliphatic heterocycles. The van der Waals surface area contributed by atoms with Crippen LogP contribution in [0.1, 0.15) is 29.9 Å². The summed E-state index contributed by atoms with van der Waals surface area (Å²) in [4.78, 5) is 11.7. The van der Waals surface area contributed by atoms with Crippen molar-refractivity contribution < 1.29 is 9.21 Å². The van der Waals surface area contributed by atoms with E-state index in [4.69, 9.17) is 4.42 Å². The van der Waals surface area contributed by atoms with Gasteiger partial charge in [-0.2, -0.15) is 0 Å². The van der Waals surface area contributed by atoms with E-state index < -0.39 is 0 Å². The molecule has 0 spiro atoms. The molecule has 2 N–H and O–H groups in total. The minimum absolute atomic E-state index is 0.145. The number of rotatable bonds is 4. The molecule has 4 heteroatoms. The molecule has 0 bridgehead atoms. The van der Waals surface area contributed by atoms with E-state index in [-0.39, 0.29) is 12.1 Å². The Morgan fingerprint density at radius 3 is 2.63 bits per heavy atom. The molecule has 2 amide bonds. The number of carbonyl (C=O) groups excluding carboxylic acids is 1. The van der Waals surface area contributed by atoms with E-state index >= 15 is 0 Å². The minimum Gasteiger partial charge on any atom is -0.467 e. The fourth-order valence-corrected chi connectivity index (χ4v) is 1.74. The maximum absolute atomic E-state index is 11.7. The number of aryl methyl sites for hydroxylation is 1. The molecule has 4 nitrogen and oxygen atoms in total. The van der Waals surface area contributed by atoms with Gasteiger partial charge in [0.15, 0.2) is 0 Å². The second-order valence-electron chi connectivity index (χ2n) is 4.55. The van der Waals surface area contributed by atoms with Gasteiger partial charge in [-0.15, -0.1) is 0 Å². The topological polar surface area (TPSA) is 54.3 Å². The number of nitrogens with one attached hydrogen (secondary N) is 2. The fraction of sp³-hybridized carbons (Fsp3) is 0.267. The Labute approximate surface area is 112 Å². The van der Waals surface area contributed by atoms with Crippen molar-refractivity contribution in [3.8, 4) is 0 Å². The van der Waals surface area contributed by atoms with E-state index in [2.05, 4.69) is 10.6 Å². The molecule has 100 valence electrons. The van der Waals surface area contributed by atoms with Crippen LogP contribution in [-0.2, 0) is 6.54 Å². The van der Waals surface area contributed by atoms with Crippen LogP contribution in [0.2, 0.25) is 0 Å². The molecule has 1 atom stereocenters. The lowest BCUT2D eigenvalue weighted by Gasteiger charge is -2.12. The van der Waals surface area contributed by atoms with Crippen molar-refractivity contribution in [3.63, 3.8) is 0 Å². The van der Waals surface area contributed by atoms with Crippen LogP contribution in [-0.4, -0.2) is 6.03 Å². The van der Waals surface area contributed by atoms with Gasteiger partial charge in [-0.3, -0.25) is 0 Å². The lowest BCUT2D eigenvalue weighted by molar-refractivity contribution is 0.235. The molecule has 0 saturated carbocycles. The first-order chi connectivity index (χ1) is 9.15. The molecule has 1 heterocycles. The summed E-state index contributed by atoms with van der Waals surface area (Å²) in [7, 11) is 0. The van der Waals surface area contributed by atoms with E-state index in [0.29, 0.717) is 6.54 Å². The Hall–Kier alpha value is -2.23. The smallest absolute Gasteiger partial charge is 0.315 e. The van der Waals surface area contributed by atoms with Crippen LogP contribution < -0.4 is 10.6 Å². The Bertz CT molecular complexity index is 518. The average molecular weight is 258 g/mol. The van der Waals surface area contributed by atoms with Crippen molar-refractivity contribution in [2.24, 2.45) is 0 Å². The van der Waals surface area contributed by atoms with Crippen molar-refractivity contribution in [1.29, 1.82) is 0 Å². The molecule has 2 rings (SSSR count). The molecule has 0 saturated heterocycles. The summed E-state index contributed by atoms with van der Waals surface area (Å²) < 4.78 is 5.23. The third kappa shape index (κ3) is 3.88. The Kier molecular flexibility index (Phi) is 4.23. The molecular formula is C15H18N2O2. The number of hydrogen-bond donors (Lipinski definition) is 2. The first kappa shape index (κ1) is 13.2. The molecule has 19 heavy (non-hydrogen) atoms. The molecule has 2 aromatic rings. The van der Waals surface area contributed by atoms with Crippen LogP contribution in [0.3, 0.4) is 0 Å². The molecular weight excluding hydrogens is 240 g/mol. The van der Waals surface area contributed by atoms with Crippen LogP contribution in [0.5, 0.6) is 0 Å². The average Bonchev–Trinajstić information content (AvgIpc) is 2.92. The van der Waals surface area contributed by atoms with Gasteiger partial charge in [0, 0.05) is 6.54 Å². The van der Waals surface area contributed by atoms with E-state index in [1.165, 1.54) is 5.56 Å². The number of urea groups is 1. The van der Waals surface area contributed by atoms with E-state index in [0.717, 1.165) is 11.3 Å². The summed E-state index contributed by atoms with van der Waals surface area (Å²) in [6.07, 6.45) is 1.59. The number of amides is 2. The van der Waals surface area contributed by atoms with Crippen molar-refractivity contribution in [1.82, 2.24) is 10.6 Å². The molecule has 1 aromatic heterocycles. The van der Waals surface area contributed by atoms with Crippen LogP contribution >= 0.6 is 0 Å². The molecule has 1 aromatic carbocycles. The number of hydrogen-bond acceptors (Lipinski definition) is 2. The molecule has 0 aliphatic carbocycles. The summed E-state index contributed by atoms with van der Waals surface area (Å²) >= 11 is 0. The van der Waals surface area contributed by atoms with Gasteiger partial charge in [-0.05, 0) is 31.5 Å². The predicted octanol–water partition coefficient (Wildman–Crippen LogP) is 3.15. The Morgan fingerprint density at radius 1 is 1.26 bits per heavy atom. The van der Waals surface area contributed by atoms with Gasteiger partial charge in [-0.1, -0.05) is 29.8 Å². The largest absolute Gasteiger partial charge is 0.467 e. The third-order valence-corrected chi connectivity index (χ3v) is 2.89. The van der Waals surface area contributed by atoms with Gasteiger partial charge in [0.1, 0.15) is 5.76 Å². The standard InChI is InChI=1S/C15H18N2O2/c1-11-5-7-13(8-6-11)10-16-15(18)17-12(2)14-4-3-9-19-14/h3-9,12H,10H2,1-2H3,(H2,16,17,18)/t12-/m0/s1. The van der Waals surface area contributed by atoms with Gasteiger partial charge in [0.05, 0.1) is 12.3 Å². The van der Waals surface area contributed by atoms with Crippen molar-refractivity contribution in [2.75, 3.05) is 0 Å².